The van der Waals surface area contributed by atoms with Crippen LogP contribution in [0, 0.1) is 0 Å². The highest BCUT2D eigenvalue weighted by Crippen LogP contribution is 2.05. The second kappa shape index (κ2) is 9.88. The maximum Gasteiger partial charge on any atom is 0.333 e. The summed E-state index contributed by atoms with van der Waals surface area (Å²) in [4.78, 5) is 19.4. The lowest BCUT2D eigenvalue weighted by atomic mass is 10.1. The van der Waals surface area contributed by atoms with Crippen LogP contribution < -0.4 is 0 Å². The van der Waals surface area contributed by atoms with Crippen LogP contribution in [0.1, 0.15) is 12.8 Å². The van der Waals surface area contributed by atoms with E-state index in [1.165, 1.54) is 0 Å². The Bertz CT molecular complexity index is 258. The number of aliphatic hydroxyl groups is 2. The number of carbonyl (C=O) groups is 2. The van der Waals surface area contributed by atoms with E-state index < -0.39 is 18.0 Å². The SMILES string of the molecule is C=C(C(=O)O)C(O)CCCO.C=CC(=O)O. The van der Waals surface area contributed by atoms with Gasteiger partial charge in [0, 0.05) is 12.7 Å². The van der Waals surface area contributed by atoms with Gasteiger partial charge in [-0.25, -0.2) is 9.59 Å². The summed E-state index contributed by atoms with van der Waals surface area (Å²) >= 11 is 0. The first kappa shape index (κ1) is 16.8. The lowest BCUT2D eigenvalue weighted by molar-refractivity contribution is -0.134. The number of rotatable bonds is 6. The van der Waals surface area contributed by atoms with Gasteiger partial charge in [0.15, 0.2) is 0 Å². The molecule has 0 radical (unpaired) electrons. The monoisotopic (exact) mass is 232 g/mol. The topological polar surface area (TPSA) is 115 Å². The Hall–Kier alpha value is -1.66. The van der Waals surface area contributed by atoms with Crippen LogP contribution in [0.4, 0.5) is 0 Å². The zero-order valence-corrected chi connectivity index (χ0v) is 8.80. The van der Waals surface area contributed by atoms with Gasteiger partial charge in [-0.3, -0.25) is 0 Å². The van der Waals surface area contributed by atoms with Gasteiger partial charge in [-0.15, -0.1) is 0 Å². The second-order valence-corrected chi connectivity index (χ2v) is 2.75. The summed E-state index contributed by atoms with van der Waals surface area (Å²) in [5, 5.41) is 33.3. The van der Waals surface area contributed by atoms with E-state index in [0.29, 0.717) is 6.42 Å². The summed E-state index contributed by atoms with van der Waals surface area (Å²) in [7, 11) is 0. The number of aliphatic hydroxyl groups excluding tert-OH is 2. The Balaban J connectivity index is 0. The highest BCUT2D eigenvalue weighted by atomic mass is 16.4. The first-order valence-corrected chi connectivity index (χ1v) is 4.43. The van der Waals surface area contributed by atoms with Gasteiger partial charge in [0.05, 0.1) is 11.7 Å². The van der Waals surface area contributed by atoms with E-state index in [1.807, 2.05) is 0 Å². The van der Waals surface area contributed by atoms with Gasteiger partial charge in [0.1, 0.15) is 0 Å². The van der Waals surface area contributed by atoms with Crippen molar-refractivity contribution in [3.63, 3.8) is 0 Å². The molecule has 16 heavy (non-hydrogen) atoms. The van der Waals surface area contributed by atoms with E-state index in [-0.39, 0.29) is 18.6 Å². The lowest BCUT2D eigenvalue weighted by Crippen LogP contribution is -2.16. The fraction of sp³-hybridized carbons (Fsp3) is 0.400. The molecule has 1 atom stereocenters. The fourth-order valence-corrected chi connectivity index (χ4v) is 0.601. The van der Waals surface area contributed by atoms with E-state index in [1.54, 1.807) is 0 Å². The zero-order chi connectivity index (χ0) is 13.1. The molecule has 4 N–H and O–H groups in total. The van der Waals surface area contributed by atoms with Crippen molar-refractivity contribution in [2.75, 3.05) is 6.61 Å². The molecule has 0 aliphatic rings. The van der Waals surface area contributed by atoms with E-state index in [4.69, 9.17) is 20.4 Å². The largest absolute Gasteiger partial charge is 0.478 e. The molecule has 0 aromatic rings. The second-order valence-electron chi connectivity index (χ2n) is 2.75. The summed E-state index contributed by atoms with van der Waals surface area (Å²) in [6.07, 6.45) is 0.411. The van der Waals surface area contributed by atoms with Crippen molar-refractivity contribution in [2.24, 2.45) is 0 Å². The van der Waals surface area contributed by atoms with Gasteiger partial charge < -0.3 is 20.4 Å². The first-order valence-electron chi connectivity index (χ1n) is 4.43. The quantitative estimate of drug-likeness (QED) is 0.480. The maximum atomic E-state index is 10.2. The smallest absolute Gasteiger partial charge is 0.333 e. The molecule has 0 aliphatic carbocycles. The molecule has 0 bridgehead atoms. The predicted molar refractivity (Wildman–Crippen MR) is 56.9 cm³/mol. The van der Waals surface area contributed by atoms with Crippen LogP contribution in [0.25, 0.3) is 0 Å². The van der Waals surface area contributed by atoms with Gasteiger partial charge >= 0.3 is 11.9 Å². The Morgan fingerprint density at radius 2 is 1.75 bits per heavy atom. The van der Waals surface area contributed by atoms with Crippen LogP contribution in [-0.4, -0.2) is 45.1 Å². The van der Waals surface area contributed by atoms with Crippen LogP contribution in [0.2, 0.25) is 0 Å². The summed E-state index contributed by atoms with van der Waals surface area (Å²) in [5.74, 6) is -2.18. The minimum Gasteiger partial charge on any atom is -0.478 e. The van der Waals surface area contributed by atoms with Crippen molar-refractivity contribution >= 4 is 11.9 Å². The van der Waals surface area contributed by atoms with Crippen LogP contribution in [0.3, 0.4) is 0 Å². The van der Waals surface area contributed by atoms with Crippen LogP contribution in [0.5, 0.6) is 0 Å². The van der Waals surface area contributed by atoms with Gasteiger partial charge in [-0.1, -0.05) is 13.2 Å². The normalized spacial score (nSPS) is 10.6. The molecule has 0 aliphatic heterocycles. The van der Waals surface area contributed by atoms with Gasteiger partial charge in [0.2, 0.25) is 0 Å². The van der Waals surface area contributed by atoms with E-state index in [9.17, 15) is 9.59 Å². The predicted octanol–water partition coefficient (Wildman–Crippen LogP) is 0.0176. The highest BCUT2D eigenvalue weighted by Gasteiger charge is 2.13. The first-order chi connectivity index (χ1) is 7.36. The van der Waals surface area contributed by atoms with Crippen LogP contribution >= 0.6 is 0 Å². The molecule has 0 saturated heterocycles. The maximum absolute atomic E-state index is 10.2. The molecule has 1 unspecified atom stereocenters. The summed E-state index contributed by atoms with van der Waals surface area (Å²) in [5.41, 5.74) is -0.224. The van der Waals surface area contributed by atoms with Gasteiger partial charge in [-0.05, 0) is 12.8 Å². The minimum atomic E-state index is -1.20. The Kier molecular flexibility index (Phi) is 10.3. The molecule has 92 valence electrons. The van der Waals surface area contributed by atoms with Crippen molar-refractivity contribution < 1.29 is 30.0 Å². The van der Waals surface area contributed by atoms with Crippen molar-refractivity contribution in [3.8, 4) is 0 Å². The summed E-state index contributed by atoms with van der Waals surface area (Å²) < 4.78 is 0. The third kappa shape index (κ3) is 10.4. The average molecular weight is 232 g/mol. The molecule has 0 aromatic heterocycles. The number of hydrogen-bond donors (Lipinski definition) is 4. The Morgan fingerprint density at radius 1 is 1.31 bits per heavy atom. The summed E-state index contributed by atoms with van der Waals surface area (Å²) in [6, 6.07) is 0. The van der Waals surface area contributed by atoms with Crippen molar-refractivity contribution in [3.05, 3.63) is 24.8 Å². The Morgan fingerprint density at radius 3 is 2.00 bits per heavy atom. The minimum absolute atomic E-state index is 0.0516. The molecule has 6 heteroatoms. The van der Waals surface area contributed by atoms with Crippen LogP contribution in [0.15, 0.2) is 24.8 Å². The van der Waals surface area contributed by atoms with Gasteiger partial charge in [-0.2, -0.15) is 0 Å². The average Bonchev–Trinajstić information content (AvgIpc) is 2.25. The molecule has 0 saturated carbocycles. The molecule has 0 amide bonds. The molecule has 0 rings (SSSR count). The Labute approximate surface area is 93.2 Å². The van der Waals surface area contributed by atoms with E-state index in [0.717, 1.165) is 6.08 Å². The molecular formula is C10H16O6. The van der Waals surface area contributed by atoms with Crippen molar-refractivity contribution in [1.82, 2.24) is 0 Å². The van der Waals surface area contributed by atoms with Crippen molar-refractivity contribution in [2.45, 2.75) is 18.9 Å². The van der Waals surface area contributed by atoms with E-state index >= 15 is 0 Å². The molecule has 6 nitrogen and oxygen atoms in total. The fourth-order valence-electron chi connectivity index (χ4n) is 0.601. The van der Waals surface area contributed by atoms with Gasteiger partial charge in [0.25, 0.3) is 0 Å². The summed E-state index contributed by atoms with van der Waals surface area (Å²) in [6.45, 7) is 6.08. The zero-order valence-electron chi connectivity index (χ0n) is 8.80. The number of aliphatic carboxylic acids is 2. The number of hydrogen-bond acceptors (Lipinski definition) is 4. The van der Waals surface area contributed by atoms with Crippen LogP contribution in [-0.2, 0) is 9.59 Å². The molecular weight excluding hydrogens is 216 g/mol. The van der Waals surface area contributed by atoms with Crippen molar-refractivity contribution in [1.29, 1.82) is 0 Å². The third-order valence-corrected chi connectivity index (χ3v) is 1.49. The standard InChI is InChI=1S/C7H12O4.C3H4O2/c1-5(7(10)11)6(9)3-2-4-8;1-2-3(4)5/h6,8-9H,1-4H2,(H,10,11);2H,1H2,(H,4,5). The third-order valence-electron chi connectivity index (χ3n) is 1.49. The molecule has 0 spiro atoms. The number of carboxylic acids is 2. The lowest BCUT2D eigenvalue weighted by Gasteiger charge is -2.07. The number of carboxylic acid groups (broad SMARTS) is 2. The molecule has 0 heterocycles. The van der Waals surface area contributed by atoms with E-state index in [2.05, 4.69) is 13.2 Å². The molecule has 0 fully saturated rings. The molecule has 0 aromatic carbocycles. The highest BCUT2D eigenvalue weighted by molar-refractivity contribution is 5.86.